The van der Waals surface area contributed by atoms with Crippen LogP contribution in [0, 0.1) is 5.82 Å². The van der Waals surface area contributed by atoms with E-state index < -0.39 is 0 Å². The summed E-state index contributed by atoms with van der Waals surface area (Å²) >= 11 is 0. The smallest absolute Gasteiger partial charge is 0.278 e. The Labute approximate surface area is 166 Å². The van der Waals surface area contributed by atoms with Crippen LogP contribution in [0.5, 0.6) is 0 Å². The van der Waals surface area contributed by atoms with Crippen LogP contribution >= 0.6 is 0 Å². The number of amides is 1. The normalized spacial score (nSPS) is 13.3. The fourth-order valence-corrected chi connectivity index (χ4v) is 3.70. The summed E-state index contributed by atoms with van der Waals surface area (Å²) < 4.78 is 16.7. The molecule has 6 nitrogen and oxygen atoms in total. The van der Waals surface area contributed by atoms with Gasteiger partial charge in [-0.05, 0) is 53.9 Å². The van der Waals surface area contributed by atoms with E-state index in [0.29, 0.717) is 24.6 Å². The molecule has 2 aromatic carbocycles. The van der Waals surface area contributed by atoms with Crippen LogP contribution in [0.4, 0.5) is 4.39 Å². The fraction of sp³-hybridized carbons (Fsp3) is 0.136. The first kappa shape index (κ1) is 17.4. The number of fused-ring (bicyclic) bond motifs is 1. The maximum Gasteiger partial charge on any atom is 0.278 e. The maximum atomic E-state index is 13.4. The second kappa shape index (κ2) is 7.01. The second-order valence-electron chi connectivity index (χ2n) is 6.99. The highest BCUT2D eigenvalue weighted by Gasteiger charge is 2.28. The zero-order chi connectivity index (χ0) is 19.8. The van der Waals surface area contributed by atoms with Gasteiger partial charge < -0.3 is 9.47 Å². The highest BCUT2D eigenvalue weighted by molar-refractivity contribution is 5.95. The molecule has 1 aliphatic rings. The number of aromatic nitrogens is 4. The van der Waals surface area contributed by atoms with Crippen LogP contribution < -0.4 is 0 Å². The summed E-state index contributed by atoms with van der Waals surface area (Å²) in [6.45, 7) is 1.17. The molecule has 0 atom stereocenters. The van der Waals surface area contributed by atoms with E-state index in [1.54, 1.807) is 26.3 Å². The molecule has 2 aromatic heterocycles. The summed E-state index contributed by atoms with van der Waals surface area (Å²) in [5, 5.41) is 8.42. The van der Waals surface area contributed by atoms with Gasteiger partial charge in [0.05, 0.1) is 5.69 Å². The summed E-state index contributed by atoms with van der Waals surface area (Å²) in [4.78, 5) is 15.2. The molecule has 3 heterocycles. The van der Waals surface area contributed by atoms with Gasteiger partial charge in [0.1, 0.15) is 5.82 Å². The van der Waals surface area contributed by atoms with Gasteiger partial charge in [-0.15, -0.1) is 5.10 Å². The van der Waals surface area contributed by atoms with Crippen LogP contribution in [0.2, 0.25) is 0 Å². The molecular formula is C22H18FN5O. The molecular weight excluding hydrogens is 369 g/mol. The van der Waals surface area contributed by atoms with Crippen LogP contribution in [-0.4, -0.2) is 36.9 Å². The van der Waals surface area contributed by atoms with Gasteiger partial charge in [-0.2, -0.15) is 4.68 Å². The Morgan fingerprint density at radius 3 is 2.41 bits per heavy atom. The third-order valence-corrected chi connectivity index (χ3v) is 5.19. The third-order valence-electron chi connectivity index (χ3n) is 5.19. The number of halogens is 1. The average Bonchev–Trinajstić information content (AvgIpc) is 3.43. The van der Waals surface area contributed by atoms with Crippen molar-refractivity contribution < 1.29 is 9.18 Å². The molecule has 0 radical (unpaired) electrons. The Kier molecular flexibility index (Phi) is 4.20. The van der Waals surface area contributed by atoms with Crippen molar-refractivity contribution in [3.8, 4) is 11.5 Å². The molecule has 0 aliphatic carbocycles. The minimum absolute atomic E-state index is 0.170. The number of carbonyl (C=O) groups excluding carboxylic acids is 1. The molecule has 0 saturated heterocycles. The number of carbonyl (C=O) groups is 1. The van der Waals surface area contributed by atoms with Gasteiger partial charge in [-0.3, -0.25) is 4.79 Å². The number of benzene rings is 2. The number of hydrogen-bond donors (Lipinski definition) is 0. The Morgan fingerprint density at radius 1 is 0.931 bits per heavy atom. The van der Waals surface area contributed by atoms with E-state index in [9.17, 15) is 9.18 Å². The van der Waals surface area contributed by atoms with E-state index in [1.807, 2.05) is 36.7 Å². The minimum atomic E-state index is -0.334. The zero-order valence-corrected chi connectivity index (χ0v) is 15.6. The summed E-state index contributed by atoms with van der Waals surface area (Å²) in [5.41, 5.74) is 3.33. The predicted octanol–water partition coefficient (Wildman–Crippen LogP) is 3.40. The van der Waals surface area contributed by atoms with Gasteiger partial charge in [0.25, 0.3) is 5.91 Å². The van der Waals surface area contributed by atoms with Crippen LogP contribution in [0.1, 0.15) is 21.6 Å². The second-order valence-corrected chi connectivity index (χ2v) is 6.99. The van der Waals surface area contributed by atoms with E-state index in [1.165, 1.54) is 17.7 Å². The minimum Gasteiger partial charge on any atom is -0.332 e. The van der Waals surface area contributed by atoms with Crippen molar-refractivity contribution in [2.24, 2.45) is 0 Å². The van der Waals surface area contributed by atoms with E-state index in [0.717, 1.165) is 12.0 Å². The lowest BCUT2D eigenvalue weighted by atomic mass is 10.00. The lowest BCUT2D eigenvalue weighted by molar-refractivity contribution is 0.0728. The van der Waals surface area contributed by atoms with E-state index in [-0.39, 0.29) is 17.4 Å². The largest absolute Gasteiger partial charge is 0.332 e. The molecule has 29 heavy (non-hydrogen) atoms. The molecule has 144 valence electrons. The summed E-state index contributed by atoms with van der Waals surface area (Å²) in [6.07, 6.45) is 4.48. The summed E-state index contributed by atoms with van der Waals surface area (Å²) in [6, 6.07) is 17.9. The standard InChI is InChI=1S/C22H18FN5O/c23-18-7-9-19(10-8-18)28-21(26-12-3-4-13-26)20(24-25-28)22(29)27-14-11-16-5-1-2-6-17(16)15-27/h1-10,12-13H,11,14-15H2. The first-order chi connectivity index (χ1) is 14.2. The lowest BCUT2D eigenvalue weighted by Crippen LogP contribution is -2.36. The molecule has 0 bridgehead atoms. The average molecular weight is 387 g/mol. The van der Waals surface area contributed by atoms with Crippen molar-refractivity contribution in [1.82, 2.24) is 24.5 Å². The topological polar surface area (TPSA) is 56.0 Å². The SMILES string of the molecule is O=C(c1nnn(-c2ccc(F)cc2)c1-n1cccc1)N1CCc2ccccc2C1. The van der Waals surface area contributed by atoms with Crippen molar-refractivity contribution in [3.05, 3.63) is 95.7 Å². The van der Waals surface area contributed by atoms with Crippen LogP contribution in [0.25, 0.3) is 11.5 Å². The van der Waals surface area contributed by atoms with Crippen molar-refractivity contribution >= 4 is 5.91 Å². The maximum absolute atomic E-state index is 13.4. The highest BCUT2D eigenvalue weighted by Crippen LogP contribution is 2.23. The van der Waals surface area contributed by atoms with Crippen molar-refractivity contribution in [2.75, 3.05) is 6.54 Å². The van der Waals surface area contributed by atoms with E-state index >= 15 is 0 Å². The van der Waals surface area contributed by atoms with Gasteiger partial charge in [-0.1, -0.05) is 29.5 Å². The van der Waals surface area contributed by atoms with Gasteiger partial charge >= 0.3 is 0 Å². The van der Waals surface area contributed by atoms with Crippen LogP contribution in [0.3, 0.4) is 0 Å². The first-order valence-electron chi connectivity index (χ1n) is 9.42. The molecule has 0 unspecified atom stereocenters. The molecule has 1 amide bonds. The van der Waals surface area contributed by atoms with Gasteiger partial charge in [0.15, 0.2) is 11.5 Å². The monoisotopic (exact) mass is 387 g/mol. The highest BCUT2D eigenvalue weighted by atomic mass is 19.1. The molecule has 5 rings (SSSR count). The molecule has 0 saturated carbocycles. The molecule has 7 heteroatoms. The van der Waals surface area contributed by atoms with Gasteiger partial charge in [0.2, 0.25) is 0 Å². The predicted molar refractivity (Wildman–Crippen MR) is 106 cm³/mol. The van der Waals surface area contributed by atoms with Crippen molar-refractivity contribution in [3.63, 3.8) is 0 Å². The Bertz CT molecular complexity index is 1160. The third kappa shape index (κ3) is 3.10. The Morgan fingerprint density at radius 2 is 1.66 bits per heavy atom. The van der Waals surface area contributed by atoms with Crippen molar-refractivity contribution in [1.29, 1.82) is 0 Å². The summed E-state index contributed by atoms with van der Waals surface area (Å²) in [5.74, 6) is 0.0293. The Balaban J connectivity index is 1.55. The molecule has 4 aromatic rings. The van der Waals surface area contributed by atoms with Crippen LogP contribution in [0.15, 0.2) is 73.1 Å². The Hall–Kier alpha value is -3.74. The van der Waals surface area contributed by atoms with Gasteiger partial charge in [0, 0.05) is 25.5 Å². The number of rotatable bonds is 3. The number of hydrogen-bond acceptors (Lipinski definition) is 3. The number of nitrogens with zero attached hydrogens (tertiary/aromatic N) is 5. The van der Waals surface area contributed by atoms with Gasteiger partial charge in [-0.25, -0.2) is 4.39 Å². The fourth-order valence-electron chi connectivity index (χ4n) is 3.70. The van der Waals surface area contributed by atoms with E-state index in [4.69, 9.17) is 0 Å². The van der Waals surface area contributed by atoms with Crippen LogP contribution in [-0.2, 0) is 13.0 Å². The molecule has 0 fully saturated rings. The van der Waals surface area contributed by atoms with E-state index in [2.05, 4.69) is 22.4 Å². The molecule has 1 aliphatic heterocycles. The quantitative estimate of drug-likeness (QED) is 0.541. The van der Waals surface area contributed by atoms with Crippen molar-refractivity contribution in [2.45, 2.75) is 13.0 Å². The summed E-state index contributed by atoms with van der Waals surface area (Å²) in [7, 11) is 0. The zero-order valence-electron chi connectivity index (χ0n) is 15.6. The first-order valence-corrected chi connectivity index (χ1v) is 9.42. The molecule has 0 spiro atoms. The molecule has 0 N–H and O–H groups in total. The lowest BCUT2D eigenvalue weighted by Gasteiger charge is -2.28.